The van der Waals surface area contributed by atoms with E-state index in [-0.39, 0.29) is 0 Å². The highest BCUT2D eigenvalue weighted by Gasteiger charge is 2.30. The molecule has 3 rings (SSSR count). The molecule has 76 valence electrons. The summed E-state index contributed by atoms with van der Waals surface area (Å²) in [6.07, 6.45) is 10.0. The highest BCUT2D eigenvalue weighted by atomic mass is 14.7. The molecule has 0 aliphatic heterocycles. The molecule has 1 heteroatoms. The van der Waals surface area contributed by atoms with Crippen molar-refractivity contribution >= 4 is 0 Å². The topological polar surface area (TPSA) is 26.0 Å². The lowest BCUT2D eigenvalue weighted by Gasteiger charge is -2.37. The van der Waals surface area contributed by atoms with E-state index in [1.165, 1.54) is 44.9 Å². The first kappa shape index (κ1) is 9.51. The van der Waals surface area contributed by atoms with E-state index in [9.17, 15) is 0 Å². The summed E-state index contributed by atoms with van der Waals surface area (Å²) < 4.78 is 0. The summed E-state index contributed by atoms with van der Waals surface area (Å²) in [6, 6.07) is 0.503. The third-order valence-corrected chi connectivity index (χ3v) is 4.28. The van der Waals surface area contributed by atoms with Gasteiger partial charge in [0.1, 0.15) is 0 Å². The average molecular weight is 181 g/mol. The van der Waals surface area contributed by atoms with Gasteiger partial charge < -0.3 is 5.73 Å². The molecule has 0 aromatic heterocycles. The number of hydrogen-bond donors (Lipinski definition) is 1. The first-order valence-electron chi connectivity index (χ1n) is 6.03. The Bertz CT molecular complexity index is 157. The molecule has 3 aliphatic carbocycles. The van der Waals surface area contributed by atoms with Crippen molar-refractivity contribution in [1.82, 2.24) is 0 Å². The van der Waals surface area contributed by atoms with E-state index in [1.807, 2.05) is 0 Å². The van der Waals surface area contributed by atoms with Crippen molar-refractivity contribution < 1.29 is 0 Å². The molecule has 13 heavy (non-hydrogen) atoms. The zero-order chi connectivity index (χ0) is 9.26. The zero-order valence-corrected chi connectivity index (χ0v) is 8.84. The Balaban J connectivity index is 2.09. The van der Waals surface area contributed by atoms with E-state index in [0.29, 0.717) is 6.04 Å². The summed E-state index contributed by atoms with van der Waals surface area (Å²) in [6.45, 7) is 2.36. The van der Waals surface area contributed by atoms with Crippen molar-refractivity contribution in [3.05, 3.63) is 0 Å². The first-order valence-corrected chi connectivity index (χ1v) is 6.03. The highest BCUT2D eigenvalue weighted by molar-refractivity contribution is 4.85. The molecule has 0 radical (unpaired) electrons. The standard InChI is InChI=1S/C12H23N/c1-9-8-10-4-2-6-11(12(9)13)7-3-5-10/h9-12H,2-8,13H2,1H3. The van der Waals surface area contributed by atoms with Gasteiger partial charge in [-0.25, -0.2) is 0 Å². The maximum absolute atomic E-state index is 6.30. The van der Waals surface area contributed by atoms with Crippen LogP contribution in [0.15, 0.2) is 0 Å². The summed E-state index contributed by atoms with van der Waals surface area (Å²) >= 11 is 0. The minimum absolute atomic E-state index is 0.503. The summed E-state index contributed by atoms with van der Waals surface area (Å²) in [4.78, 5) is 0. The van der Waals surface area contributed by atoms with Crippen LogP contribution in [-0.2, 0) is 0 Å². The second-order valence-electron chi connectivity index (χ2n) is 5.28. The molecule has 0 spiro atoms. The van der Waals surface area contributed by atoms with Gasteiger partial charge >= 0.3 is 0 Å². The average Bonchev–Trinajstić information content (AvgIpc) is 2.05. The molecule has 0 heterocycles. The lowest BCUT2D eigenvalue weighted by atomic mass is 9.71. The smallest absolute Gasteiger partial charge is 0.00930 e. The van der Waals surface area contributed by atoms with Gasteiger partial charge in [0.25, 0.3) is 0 Å². The van der Waals surface area contributed by atoms with Crippen molar-refractivity contribution in [2.75, 3.05) is 0 Å². The number of nitrogens with two attached hydrogens (primary N) is 1. The van der Waals surface area contributed by atoms with Crippen LogP contribution in [0.4, 0.5) is 0 Å². The van der Waals surface area contributed by atoms with Gasteiger partial charge in [-0.05, 0) is 37.0 Å². The first-order chi connectivity index (χ1) is 6.27. The summed E-state index contributed by atoms with van der Waals surface area (Å²) in [5.41, 5.74) is 6.30. The second-order valence-corrected chi connectivity index (χ2v) is 5.28. The van der Waals surface area contributed by atoms with Gasteiger partial charge in [-0.2, -0.15) is 0 Å². The van der Waals surface area contributed by atoms with E-state index in [0.717, 1.165) is 17.8 Å². The molecule has 3 saturated carbocycles. The molecule has 2 unspecified atom stereocenters. The summed E-state index contributed by atoms with van der Waals surface area (Å²) in [7, 11) is 0. The van der Waals surface area contributed by atoms with Gasteiger partial charge in [-0.1, -0.05) is 32.6 Å². The molecule has 0 saturated heterocycles. The lowest BCUT2D eigenvalue weighted by molar-refractivity contribution is 0.173. The maximum atomic E-state index is 6.30. The minimum Gasteiger partial charge on any atom is -0.327 e. The van der Waals surface area contributed by atoms with Gasteiger partial charge in [0.15, 0.2) is 0 Å². The van der Waals surface area contributed by atoms with Crippen LogP contribution < -0.4 is 5.73 Å². The Hall–Kier alpha value is -0.0400. The molecule has 3 fully saturated rings. The van der Waals surface area contributed by atoms with Crippen molar-refractivity contribution in [3.8, 4) is 0 Å². The van der Waals surface area contributed by atoms with Crippen LogP contribution >= 0.6 is 0 Å². The van der Waals surface area contributed by atoms with Crippen molar-refractivity contribution in [2.24, 2.45) is 23.5 Å². The summed E-state index contributed by atoms with van der Waals surface area (Å²) in [5, 5.41) is 0. The molecule has 3 aliphatic rings. The maximum Gasteiger partial charge on any atom is 0.00930 e. The van der Waals surface area contributed by atoms with E-state index < -0.39 is 0 Å². The van der Waals surface area contributed by atoms with Crippen molar-refractivity contribution in [3.63, 3.8) is 0 Å². The highest BCUT2D eigenvalue weighted by Crippen LogP contribution is 2.37. The Morgan fingerprint density at radius 3 is 2.23 bits per heavy atom. The quantitative estimate of drug-likeness (QED) is 0.611. The molecule has 0 amide bonds. The van der Waals surface area contributed by atoms with E-state index >= 15 is 0 Å². The third kappa shape index (κ3) is 2.07. The van der Waals surface area contributed by atoms with Crippen LogP contribution in [0.5, 0.6) is 0 Å². The molecule has 0 aromatic rings. The van der Waals surface area contributed by atoms with Crippen molar-refractivity contribution in [1.29, 1.82) is 0 Å². The van der Waals surface area contributed by atoms with E-state index in [1.54, 1.807) is 0 Å². The lowest BCUT2D eigenvalue weighted by Crippen LogP contribution is -2.40. The Labute approximate surface area is 82.1 Å². The van der Waals surface area contributed by atoms with Crippen LogP contribution in [0.3, 0.4) is 0 Å². The van der Waals surface area contributed by atoms with Crippen LogP contribution in [0, 0.1) is 17.8 Å². The van der Waals surface area contributed by atoms with Crippen molar-refractivity contribution in [2.45, 2.75) is 57.9 Å². The fourth-order valence-corrected chi connectivity index (χ4v) is 3.39. The molecule has 1 nitrogen and oxygen atoms in total. The number of hydrogen-bond acceptors (Lipinski definition) is 1. The molecule has 2 bridgehead atoms. The SMILES string of the molecule is CC1CC2CCCC(CCC2)C1N. The third-order valence-electron chi connectivity index (χ3n) is 4.28. The molecule has 2 atom stereocenters. The normalized spacial score (nSPS) is 46.6. The Kier molecular flexibility index (Phi) is 2.92. The molecular weight excluding hydrogens is 158 g/mol. The van der Waals surface area contributed by atoms with Gasteiger partial charge in [0.05, 0.1) is 0 Å². The number of fused-ring (bicyclic) bond motifs is 6. The van der Waals surface area contributed by atoms with E-state index in [4.69, 9.17) is 5.73 Å². The van der Waals surface area contributed by atoms with Crippen LogP contribution in [-0.4, -0.2) is 6.04 Å². The molecule has 0 aromatic carbocycles. The monoisotopic (exact) mass is 181 g/mol. The van der Waals surface area contributed by atoms with Crippen LogP contribution in [0.2, 0.25) is 0 Å². The van der Waals surface area contributed by atoms with E-state index in [2.05, 4.69) is 6.92 Å². The second kappa shape index (κ2) is 4.00. The zero-order valence-electron chi connectivity index (χ0n) is 8.84. The summed E-state index contributed by atoms with van der Waals surface area (Å²) in [5.74, 6) is 2.62. The van der Waals surface area contributed by atoms with Crippen LogP contribution in [0.1, 0.15) is 51.9 Å². The minimum atomic E-state index is 0.503. The fraction of sp³-hybridized carbons (Fsp3) is 1.00. The largest absolute Gasteiger partial charge is 0.327 e. The van der Waals surface area contributed by atoms with Gasteiger partial charge in [0, 0.05) is 6.04 Å². The van der Waals surface area contributed by atoms with Gasteiger partial charge in [0.2, 0.25) is 0 Å². The number of rotatable bonds is 0. The predicted octanol–water partition coefficient (Wildman–Crippen LogP) is 2.94. The fourth-order valence-electron chi connectivity index (χ4n) is 3.39. The Morgan fingerprint density at radius 1 is 1.00 bits per heavy atom. The van der Waals surface area contributed by atoms with Gasteiger partial charge in [-0.3, -0.25) is 0 Å². The molecule has 2 N–H and O–H groups in total. The predicted molar refractivity (Wildman–Crippen MR) is 56.4 cm³/mol. The van der Waals surface area contributed by atoms with Gasteiger partial charge in [-0.15, -0.1) is 0 Å². The molecular formula is C12H23N. The Morgan fingerprint density at radius 2 is 1.62 bits per heavy atom. The van der Waals surface area contributed by atoms with Crippen LogP contribution in [0.25, 0.3) is 0 Å².